The molecule has 0 saturated carbocycles. The van der Waals surface area contributed by atoms with E-state index in [9.17, 15) is 0 Å². The summed E-state index contributed by atoms with van der Waals surface area (Å²) in [7, 11) is 0. The fourth-order valence-corrected chi connectivity index (χ4v) is 2.23. The lowest BCUT2D eigenvalue weighted by molar-refractivity contribution is 0.121. The summed E-state index contributed by atoms with van der Waals surface area (Å²) in [6, 6.07) is 3.90. The van der Waals surface area contributed by atoms with Crippen LogP contribution in [0.1, 0.15) is 0 Å². The fourth-order valence-electron chi connectivity index (χ4n) is 2.23. The van der Waals surface area contributed by atoms with E-state index in [1.54, 1.807) is 0 Å². The summed E-state index contributed by atoms with van der Waals surface area (Å²) in [5.74, 6) is 0.592. The summed E-state index contributed by atoms with van der Waals surface area (Å²) in [5, 5.41) is 3.32. The molecule has 4 heteroatoms. The fraction of sp³-hybridized carbons (Fsp3) is 0.500. The van der Waals surface area contributed by atoms with E-state index in [1.165, 1.54) is 18.8 Å². The van der Waals surface area contributed by atoms with Gasteiger partial charge in [-0.2, -0.15) is 0 Å². The summed E-state index contributed by atoms with van der Waals surface area (Å²) in [6.07, 6.45) is 1.86. The first-order valence-electron chi connectivity index (χ1n) is 4.95. The molecule has 0 amide bonds. The minimum absolute atomic E-state index is 0.571. The molecule has 3 heterocycles. The van der Waals surface area contributed by atoms with Crippen LogP contribution in [0.5, 0.6) is 0 Å². The lowest BCUT2D eigenvalue weighted by Gasteiger charge is -2.57. The van der Waals surface area contributed by atoms with Crippen LogP contribution in [0.4, 0.5) is 11.5 Å². The van der Waals surface area contributed by atoms with E-state index < -0.39 is 0 Å². The van der Waals surface area contributed by atoms with E-state index in [0.29, 0.717) is 11.2 Å². The molecule has 0 atom stereocenters. The van der Waals surface area contributed by atoms with E-state index in [1.807, 2.05) is 18.3 Å². The zero-order valence-corrected chi connectivity index (χ0v) is 8.03. The van der Waals surface area contributed by atoms with Gasteiger partial charge in [0.15, 0.2) is 0 Å². The van der Waals surface area contributed by atoms with Crippen LogP contribution >= 0.6 is 0 Å². The Kier molecular flexibility index (Phi) is 1.50. The molecular weight excluding hydrogens is 176 g/mol. The average Bonchev–Trinajstić information content (AvgIpc) is 2.03. The van der Waals surface area contributed by atoms with E-state index in [-0.39, 0.29) is 0 Å². The summed E-state index contributed by atoms with van der Waals surface area (Å²) in [4.78, 5) is 6.45. The number of hydrogen-bond acceptors (Lipinski definition) is 4. The van der Waals surface area contributed by atoms with Crippen LogP contribution in [0.3, 0.4) is 0 Å². The highest BCUT2D eigenvalue weighted by Crippen LogP contribution is 2.36. The molecule has 0 radical (unpaired) electrons. The number of nitrogens with one attached hydrogen (secondary N) is 1. The highest BCUT2D eigenvalue weighted by Gasteiger charge is 2.47. The Bertz CT molecular complexity index is 334. The molecule has 1 aromatic heterocycles. The molecule has 4 nitrogen and oxygen atoms in total. The smallest absolute Gasteiger partial charge is 0.123 e. The second kappa shape index (κ2) is 2.60. The summed E-state index contributed by atoms with van der Waals surface area (Å²) < 4.78 is 0. The van der Waals surface area contributed by atoms with E-state index in [2.05, 4.69) is 15.2 Å². The molecule has 3 N–H and O–H groups in total. The topological polar surface area (TPSA) is 54.2 Å². The molecule has 2 saturated heterocycles. The van der Waals surface area contributed by atoms with Crippen LogP contribution in [0.2, 0.25) is 0 Å². The number of anilines is 2. The standard InChI is InChI=1S/C10H14N4/c11-9-2-1-8(3-13-9)14-6-10(7-14)4-12-5-10/h1-3,12H,4-7H2,(H2,11,13). The van der Waals surface area contributed by atoms with Crippen molar-refractivity contribution in [2.75, 3.05) is 36.8 Å². The van der Waals surface area contributed by atoms with Crippen LogP contribution in [-0.2, 0) is 0 Å². The molecule has 1 aromatic rings. The van der Waals surface area contributed by atoms with Crippen LogP contribution in [-0.4, -0.2) is 31.2 Å². The minimum atomic E-state index is 0.571. The van der Waals surface area contributed by atoms with Crippen LogP contribution in [0.25, 0.3) is 0 Å². The quantitative estimate of drug-likeness (QED) is 0.658. The monoisotopic (exact) mass is 190 g/mol. The zero-order chi connectivity index (χ0) is 9.60. The minimum Gasteiger partial charge on any atom is -0.384 e. The third kappa shape index (κ3) is 1.07. The van der Waals surface area contributed by atoms with Gasteiger partial charge in [-0.25, -0.2) is 4.98 Å². The number of pyridine rings is 1. The first-order chi connectivity index (χ1) is 6.77. The van der Waals surface area contributed by atoms with E-state index in [0.717, 1.165) is 13.1 Å². The molecule has 2 aliphatic heterocycles. The summed E-state index contributed by atoms with van der Waals surface area (Å²) >= 11 is 0. The van der Waals surface area contributed by atoms with Crippen molar-refractivity contribution in [1.29, 1.82) is 0 Å². The van der Waals surface area contributed by atoms with Gasteiger partial charge in [0.25, 0.3) is 0 Å². The Balaban J connectivity index is 1.70. The Morgan fingerprint density at radius 1 is 1.36 bits per heavy atom. The molecule has 2 aliphatic rings. The van der Waals surface area contributed by atoms with Crippen LogP contribution in [0, 0.1) is 5.41 Å². The van der Waals surface area contributed by atoms with Crippen molar-refractivity contribution >= 4 is 11.5 Å². The van der Waals surface area contributed by atoms with Crippen molar-refractivity contribution < 1.29 is 0 Å². The number of hydrogen-bond donors (Lipinski definition) is 2. The number of rotatable bonds is 1. The van der Waals surface area contributed by atoms with Gasteiger partial charge < -0.3 is 16.0 Å². The van der Waals surface area contributed by atoms with E-state index >= 15 is 0 Å². The average molecular weight is 190 g/mol. The van der Waals surface area contributed by atoms with Gasteiger partial charge in [0.1, 0.15) is 5.82 Å². The van der Waals surface area contributed by atoms with Gasteiger partial charge in [-0.3, -0.25) is 0 Å². The normalized spacial score (nSPS) is 23.0. The largest absolute Gasteiger partial charge is 0.384 e. The molecule has 74 valence electrons. The molecule has 0 aromatic carbocycles. The third-order valence-electron chi connectivity index (χ3n) is 3.19. The first kappa shape index (κ1) is 8.05. The maximum absolute atomic E-state index is 5.54. The second-order valence-electron chi connectivity index (χ2n) is 4.40. The summed E-state index contributed by atoms with van der Waals surface area (Å²) in [5.41, 5.74) is 7.30. The van der Waals surface area contributed by atoms with Crippen molar-refractivity contribution in [3.63, 3.8) is 0 Å². The molecule has 0 bridgehead atoms. The Morgan fingerprint density at radius 3 is 2.64 bits per heavy atom. The Labute approximate surface area is 83.1 Å². The molecule has 14 heavy (non-hydrogen) atoms. The van der Waals surface area contributed by atoms with Crippen molar-refractivity contribution in [3.8, 4) is 0 Å². The molecule has 2 fully saturated rings. The van der Waals surface area contributed by atoms with Gasteiger partial charge in [0.05, 0.1) is 11.9 Å². The van der Waals surface area contributed by atoms with Crippen molar-refractivity contribution in [2.24, 2.45) is 5.41 Å². The van der Waals surface area contributed by atoms with Crippen molar-refractivity contribution in [2.45, 2.75) is 0 Å². The Hall–Kier alpha value is -1.29. The van der Waals surface area contributed by atoms with Gasteiger partial charge in [0.2, 0.25) is 0 Å². The maximum atomic E-state index is 5.54. The van der Waals surface area contributed by atoms with Crippen molar-refractivity contribution in [3.05, 3.63) is 18.3 Å². The first-order valence-corrected chi connectivity index (χ1v) is 4.95. The maximum Gasteiger partial charge on any atom is 0.123 e. The third-order valence-corrected chi connectivity index (χ3v) is 3.19. The van der Waals surface area contributed by atoms with Crippen LogP contribution in [0.15, 0.2) is 18.3 Å². The zero-order valence-electron chi connectivity index (χ0n) is 8.03. The molecule has 3 rings (SSSR count). The predicted octanol–water partition coefficient (Wildman–Crippen LogP) is 0.0734. The molecule has 0 unspecified atom stereocenters. The van der Waals surface area contributed by atoms with Gasteiger partial charge in [-0.15, -0.1) is 0 Å². The van der Waals surface area contributed by atoms with Crippen LogP contribution < -0.4 is 16.0 Å². The Morgan fingerprint density at radius 2 is 2.14 bits per heavy atom. The van der Waals surface area contributed by atoms with Gasteiger partial charge >= 0.3 is 0 Å². The molecule has 0 aliphatic carbocycles. The summed E-state index contributed by atoms with van der Waals surface area (Å²) in [6.45, 7) is 4.66. The van der Waals surface area contributed by atoms with E-state index in [4.69, 9.17) is 5.73 Å². The predicted molar refractivity (Wildman–Crippen MR) is 56.2 cm³/mol. The molecule has 1 spiro atoms. The lowest BCUT2D eigenvalue weighted by Crippen LogP contribution is -2.71. The van der Waals surface area contributed by atoms with Gasteiger partial charge in [-0.1, -0.05) is 0 Å². The SMILES string of the molecule is Nc1ccc(N2CC3(CNC3)C2)cn1. The molecular formula is C10H14N4. The second-order valence-corrected chi connectivity index (χ2v) is 4.40. The number of nitrogens with zero attached hydrogens (tertiary/aromatic N) is 2. The van der Waals surface area contributed by atoms with Gasteiger partial charge in [-0.05, 0) is 12.1 Å². The number of nitrogens with two attached hydrogens (primary N) is 1. The highest BCUT2D eigenvalue weighted by atomic mass is 15.3. The van der Waals surface area contributed by atoms with Gasteiger partial charge in [0, 0.05) is 31.6 Å². The highest BCUT2D eigenvalue weighted by molar-refractivity contribution is 5.51. The number of aromatic nitrogens is 1. The lowest BCUT2D eigenvalue weighted by atomic mass is 9.74. The number of nitrogen functional groups attached to an aromatic ring is 1. The van der Waals surface area contributed by atoms with Crippen molar-refractivity contribution in [1.82, 2.24) is 10.3 Å².